The number of rotatable bonds is 3. The summed E-state index contributed by atoms with van der Waals surface area (Å²) in [5.41, 5.74) is 9.82. The average Bonchev–Trinajstić information content (AvgIpc) is 2.46. The zero-order valence-corrected chi connectivity index (χ0v) is 12.3. The van der Waals surface area contributed by atoms with Crippen LogP contribution < -0.4 is 5.73 Å². The van der Waals surface area contributed by atoms with Crippen molar-refractivity contribution in [3.8, 4) is 11.3 Å². The van der Waals surface area contributed by atoms with Crippen LogP contribution in [0.2, 0.25) is 0 Å². The van der Waals surface area contributed by atoms with Gasteiger partial charge in [0, 0.05) is 29.1 Å². The molecule has 1 aromatic carbocycles. The quantitative estimate of drug-likeness (QED) is 0.796. The topological polar surface area (TPSA) is 64.7 Å². The van der Waals surface area contributed by atoms with Gasteiger partial charge in [-0.05, 0) is 31.5 Å². The van der Waals surface area contributed by atoms with E-state index in [2.05, 4.69) is 34.0 Å². The lowest BCUT2D eigenvalue weighted by Crippen LogP contribution is -2.01. The maximum atomic E-state index is 5.90. The average molecular weight is 278 g/mol. The van der Waals surface area contributed by atoms with E-state index < -0.39 is 0 Å². The maximum Gasteiger partial charge on any atom is 0.131 e. The number of pyridine rings is 1. The SMILES string of the molecule is CCCc1nc(N)cc(-c2ccc3nc(C)ccc3c2)n1. The van der Waals surface area contributed by atoms with Crippen LogP contribution in [0, 0.1) is 6.92 Å². The molecule has 106 valence electrons. The van der Waals surface area contributed by atoms with Gasteiger partial charge in [0.25, 0.3) is 0 Å². The van der Waals surface area contributed by atoms with Crippen LogP contribution in [-0.4, -0.2) is 15.0 Å². The lowest BCUT2D eigenvalue weighted by atomic mass is 10.1. The number of anilines is 1. The van der Waals surface area contributed by atoms with Crippen molar-refractivity contribution in [3.05, 3.63) is 47.9 Å². The van der Waals surface area contributed by atoms with Gasteiger partial charge in [-0.1, -0.05) is 19.1 Å². The number of aryl methyl sites for hydroxylation is 2. The third-order valence-corrected chi connectivity index (χ3v) is 3.39. The molecule has 3 aromatic rings. The highest BCUT2D eigenvalue weighted by Gasteiger charge is 2.06. The number of hydrogen-bond acceptors (Lipinski definition) is 4. The Labute approximate surface area is 124 Å². The Morgan fingerprint density at radius 2 is 1.86 bits per heavy atom. The van der Waals surface area contributed by atoms with Crippen molar-refractivity contribution in [2.75, 3.05) is 5.73 Å². The molecule has 0 amide bonds. The van der Waals surface area contributed by atoms with Crippen molar-refractivity contribution in [2.24, 2.45) is 0 Å². The molecule has 0 aliphatic heterocycles. The molecule has 0 saturated carbocycles. The van der Waals surface area contributed by atoms with E-state index in [1.165, 1.54) is 0 Å². The number of nitrogen functional groups attached to an aromatic ring is 1. The summed E-state index contributed by atoms with van der Waals surface area (Å²) in [6.07, 6.45) is 1.84. The largest absolute Gasteiger partial charge is 0.384 e. The highest BCUT2D eigenvalue weighted by atomic mass is 14.9. The molecule has 2 N–H and O–H groups in total. The van der Waals surface area contributed by atoms with E-state index in [0.29, 0.717) is 5.82 Å². The Morgan fingerprint density at radius 1 is 1.00 bits per heavy atom. The molecule has 0 atom stereocenters. The lowest BCUT2D eigenvalue weighted by Gasteiger charge is -2.07. The fourth-order valence-electron chi connectivity index (χ4n) is 2.39. The van der Waals surface area contributed by atoms with Crippen molar-refractivity contribution in [1.29, 1.82) is 0 Å². The summed E-state index contributed by atoms with van der Waals surface area (Å²) >= 11 is 0. The molecule has 0 fully saturated rings. The summed E-state index contributed by atoms with van der Waals surface area (Å²) < 4.78 is 0. The predicted molar refractivity (Wildman–Crippen MR) is 85.9 cm³/mol. The molecule has 0 saturated heterocycles. The Hall–Kier alpha value is -2.49. The molecule has 4 nitrogen and oxygen atoms in total. The summed E-state index contributed by atoms with van der Waals surface area (Å²) in [4.78, 5) is 13.4. The molecule has 21 heavy (non-hydrogen) atoms. The first-order valence-electron chi connectivity index (χ1n) is 7.17. The fraction of sp³-hybridized carbons (Fsp3) is 0.235. The standard InChI is InChI=1S/C17H18N4/c1-3-4-17-20-15(10-16(18)21-17)13-7-8-14-12(9-13)6-5-11(2)19-14/h5-10H,3-4H2,1-2H3,(H2,18,20,21). The number of hydrogen-bond donors (Lipinski definition) is 1. The summed E-state index contributed by atoms with van der Waals surface area (Å²) in [5, 5.41) is 1.10. The summed E-state index contributed by atoms with van der Waals surface area (Å²) in [6.45, 7) is 4.10. The number of aromatic nitrogens is 3. The van der Waals surface area contributed by atoms with Gasteiger partial charge in [-0.15, -0.1) is 0 Å². The van der Waals surface area contributed by atoms with Gasteiger partial charge in [0.2, 0.25) is 0 Å². The number of nitrogens with two attached hydrogens (primary N) is 1. The number of benzene rings is 1. The van der Waals surface area contributed by atoms with Gasteiger partial charge in [0.1, 0.15) is 11.6 Å². The van der Waals surface area contributed by atoms with Crippen LogP contribution in [0.15, 0.2) is 36.4 Å². The zero-order chi connectivity index (χ0) is 14.8. The third kappa shape index (κ3) is 2.84. The fourth-order valence-corrected chi connectivity index (χ4v) is 2.39. The number of fused-ring (bicyclic) bond motifs is 1. The van der Waals surface area contributed by atoms with Gasteiger partial charge in [-0.2, -0.15) is 0 Å². The Balaban J connectivity index is 2.09. The van der Waals surface area contributed by atoms with Gasteiger partial charge < -0.3 is 5.73 Å². The molecule has 3 rings (SSSR count). The second-order valence-electron chi connectivity index (χ2n) is 5.20. The maximum absolute atomic E-state index is 5.90. The van der Waals surface area contributed by atoms with Crippen molar-refractivity contribution >= 4 is 16.7 Å². The molecule has 2 heterocycles. The normalized spacial score (nSPS) is 11.0. The molecule has 4 heteroatoms. The van der Waals surface area contributed by atoms with Gasteiger partial charge in [0.05, 0.1) is 11.2 Å². The second-order valence-corrected chi connectivity index (χ2v) is 5.20. The van der Waals surface area contributed by atoms with Crippen molar-refractivity contribution in [1.82, 2.24) is 15.0 Å². The van der Waals surface area contributed by atoms with E-state index in [-0.39, 0.29) is 0 Å². The predicted octanol–water partition coefficient (Wildman–Crippen LogP) is 3.53. The number of nitrogens with zero attached hydrogens (tertiary/aromatic N) is 3. The first kappa shape index (κ1) is 13.5. The van der Waals surface area contributed by atoms with E-state index in [0.717, 1.165) is 46.5 Å². The van der Waals surface area contributed by atoms with Crippen LogP contribution in [0.4, 0.5) is 5.82 Å². The van der Waals surface area contributed by atoms with E-state index in [1.807, 2.05) is 31.2 Å². The highest BCUT2D eigenvalue weighted by molar-refractivity contribution is 5.84. The molecule has 0 radical (unpaired) electrons. The summed E-state index contributed by atoms with van der Waals surface area (Å²) in [5.74, 6) is 1.32. The minimum Gasteiger partial charge on any atom is -0.384 e. The Bertz CT molecular complexity index is 796. The van der Waals surface area contributed by atoms with Crippen molar-refractivity contribution in [3.63, 3.8) is 0 Å². The summed E-state index contributed by atoms with van der Waals surface area (Å²) in [6, 6.07) is 12.1. The molecule has 0 aliphatic rings. The molecule has 2 aromatic heterocycles. The van der Waals surface area contributed by atoms with Gasteiger partial charge in [-0.3, -0.25) is 4.98 Å². The van der Waals surface area contributed by atoms with E-state index in [1.54, 1.807) is 0 Å². The molecular formula is C17H18N4. The molecular weight excluding hydrogens is 260 g/mol. The molecule has 0 aliphatic carbocycles. The van der Waals surface area contributed by atoms with E-state index in [4.69, 9.17) is 5.73 Å². The lowest BCUT2D eigenvalue weighted by molar-refractivity contribution is 0.839. The van der Waals surface area contributed by atoms with E-state index >= 15 is 0 Å². The van der Waals surface area contributed by atoms with Crippen LogP contribution in [0.5, 0.6) is 0 Å². The first-order chi connectivity index (χ1) is 10.2. The van der Waals surface area contributed by atoms with Gasteiger partial charge in [-0.25, -0.2) is 9.97 Å². The second kappa shape index (κ2) is 5.48. The smallest absolute Gasteiger partial charge is 0.131 e. The van der Waals surface area contributed by atoms with Crippen LogP contribution >= 0.6 is 0 Å². The Morgan fingerprint density at radius 3 is 2.67 bits per heavy atom. The highest BCUT2D eigenvalue weighted by Crippen LogP contribution is 2.23. The third-order valence-electron chi connectivity index (χ3n) is 3.39. The van der Waals surface area contributed by atoms with Crippen LogP contribution in [0.25, 0.3) is 22.2 Å². The Kier molecular flexibility index (Phi) is 3.52. The minimum absolute atomic E-state index is 0.519. The molecule has 0 spiro atoms. The van der Waals surface area contributed by atoms with Crippen molar-refractivity contribution < 1.29 is 0 Å². The van der Waals surface area contributed by atoms with Crippen LogP contribution in [-0.2, 0) is 6.42 Å². The van der Waals surface area contributed by atoms with Gasteiger partial charge >= 0.3 is 0 Å². The monoisotopic (exact) mass is 278 g/mol. The summed E-state index contributed by atoms with van der Waals surface area (Å²) in [7, 11) is 0. The van der Waals surface area contributed by atoms with Crippen LogP contribution in [0.3, 0.4) is 0 Å². The van der Waals surface area contributed by atoms with Crippen molar-refractivity contribution in [2.45, 2.75) is 26.7 Å². The molecule has 0 bridgehead atoms. The minimum atomic E-state index is 0.519. The molecule has 0 unspecified atom stereocenters. The van der Waals surface area contributed by atoms with Gasteiger partial charge in [0.15, 0.2) is 0 Å². The van der Waals surface area contributed by atoms with Crippen LogP contribution in [0.1, 0.15) is 24.9 Å². The van der Waals surface area contributed by atoms with E-state index in [9.17, 15) is 0 Å². The first-order valence-corrected chi connectivity index (χ1v) is 7.17. The zero-order valence-electron chi connectivity index (χ0n) is 12.3.